The molecule has 1 amide bonds. The van der Waals surface area contributed by atoms with Gasteiger partial charge >= 0.3 is 5.97 Å². The molecule has 0 radical (unpaired) electrons. The predicted molar refractivity (Wildman–Crippen MR) is 69.3 cm³/mol. The second kappa shape index (κ2) is 5.73. The summed E-state index contributed by atoms with van der Waals surface area (Å²) in [7, 11) is 1.47. The first kappa shape index (κ1) is 13.4. The molecule has 1 N–H and O–H groups in total. The van der Waals surface area contributed by atoms with Gasteiger partial charge in [0.25, 0.3) is 5.91 Å². The largest absolute Gasteiger partial charge is 0.490 e. The van der Waals surface area contributed by atoms with E-state index in [1.807, 2.05) is 0 Å². The molecule has 102 valence electrons. The summed E-state index contributed by atoms with van der Waals surface area (Å²) in [4.78, 5) is 23.6. The summed E-state index contributed by atoms with van der Waals surface area (Å²) in [6.45, 7) is -0.306. The quantitative estimate of drug-likeness (QED) is 0.879. The van der Waals surface area contributed by atoms with Gasteiger partial charge in [0.15, 0.2) is 0 Å². The second-order valence-electron chi connectivity index (χ2n) is 4.75. The number of hydrogen-bond acceptors (Lipinski definition) is 3. The highest BCUT2D eigenvalue weighted by atomic mass is 16.5. The Morgan fingerprint density at radius 3 is 2.42 bits per heavy atom. The SMILES string of the molecule is CN(CC(=O)O)C(=O)c1ccc(OC2CCC2)cc1. The summed E-state index contributed by atoms with van der Waals surface area (Å²) < 4.78 is 5.69. The minimum absolute atomic E-state index is 0.302. The number of nitrogens with zero attached hydrogens (tertiary/aromatic N) is 1. The smallest absolute Gasteiger partial charge is 0.323 e. The van der Waals surface area contributed by atoms with Gasteiger partial charge < -0.3 is 14.7 Å². The zero-order valence-electron chi connectivity index (χ0n) is 10.8. The van der Waals surface area contributed by atoms with Crippen molar-refractivity contribution in [2.24, 2.45) is 0 Å². The first-order chi connectivity index (χ1) is 9.06. The molecule has 0 saturated heterocycles. The number of carbonyl (C=O) groups excluding carboxylic acids is 1. The number of likely N-dealkylation sites (N-methyl/N-ethyl adjacent to an activating group) is 1. The first-order valence-corrected chi connectivity index (χ1v) is 6.30. The number of carbonyl (C=O) groups is 2. The molecule has 1 aliphatic rings. The van der Waals surface area contributed by atoms with Gasteiger partial charge in [-0.2, -0.15) is 0 Å². The van der Waals surface area contributed by atoms with Crippen molar-refractivity contribution >= 4 is 11.9 Å². The molecule has 1 fully saturated rings. The highest BCUT2D eigenvalue weighted by molar-refractivity contribution is 5.95. The number of benzene rings is 1. The Balaban J connectivity index is 1.96. The van der Waals surface area contributed by atoms with Crippen molar-refractivity contribution in [2.75, 3.05) is 13.6 Å². The summed E-state index contributed by atoms with van der Waals surface area (Å²) in [6.07, 6.45) is 3.68. The van der Waals surface area contributed by atoms with Crippen LogP contribution in [0.1, 0.15) is 29.6 Å². The van der Waals surface area contributed by atoms with E-state index in [0.29, 0.717) is 11.7 Å². The summed E-state index contributed by atoms with van der Waals surface area (Å²) in [5.41, 5.74) is 0.463. The first-order valence-electron chi connectivity index (χ1n) is 6.30. The van der Waals surface area contributed by atoms with Gasteiger partial charge in [0.2, 0.25) is 0 Å². The van der Waals surface area contributed by atoms with Gasteiger partial charge in [0.05, 0.1) is 6.10 Å². The molecule has 0 atom stereocenters. The normalized spacial score (nSPS) is 14.6. The molecule has 0 heterocycles. The van der Waals surface area contributed by atoms with Gasteiger partial charge in [-0.3, -0.25) is 9.59 Å². The van der Waals surface area contributed by atoms with Crippen LogP contribution in [0.5, 0.6) is 5.75 Å². The van der Waals surface area contributed by atoms with Crippen molar-refractivity contribution in [3.8, 4) is 5.75 Å². The number of carboxylic acid groups (broad SMARTS) is 1. The predicted octanol–water partition coefficient (Wildman–Crippen LogP) is 1.77. The molecule has 1 aromatic carbocycles. The molecule has 5 nitrogen and oxygen atoms in total. The number of ether oxygens (including phenoxy) is 1. The van der Waals surface area contributed by atoms with Crippen LogP contribution in [0.3, 0.4) is 0 Å². The van der Waals surface area contributed by atoms with E-state index in [2.05, 4.69) is 0 Å². The van der Waals surface area contributed by atoms with E-state index < -0.39 is 5.97 Å². The maximum Gasteiger partial charge on any atom is 0.323 e. The van der Waals surface area contributed by atoms with Crippen molar-refractivity contribution in [1.82, 2.24) is 4.90 Å². The lowest BCUT2D eigenvalue weighted by Gasteiger charge is -2.26. The standard InChI is InChI=1S/C14H17NO4/c1-15(9-13(16)17)14(18)10-5-7-12(8-6-10)19-11-3-2-4-11/h5-8,11H,2-4,9H2,1H3,(H,16,17). The Kier molecular flexibility index (Phi) is 4.04. The monoisotopic (exact) mass is 263 g/mol. The fourth-order valence-corrected chi connectivity index (χ4v) is 1.85. The minimum Gasteiger partial charge on any atom is -0.490 e. The van der Waals surface area contributed by atoms with Crippen LogP contribution in [0.4, 0.5) is 0 Å². The van der Waals surface area contributed by atoms with Gasteiger partial charge in [-0.25, -0.2) is 0 Å². The lowest BCUT2D eigenvalue weighted by Crippen LogP contribution is -2.31. The summed E-state index contributed by atoms with van der Waals surface area (Å²) >= 11 is 0. The summed E-state index contributed by atoms with van der Waals surface area (Å²) in [6, 6.07) is 6.82. The van der Waals surface area contributed by atoms with E-state index in [4.69, 9.17) is 9.84 Å². The van der Waals surface area contributed by atoms with Crippen LogP contribution in [-0.2, 0) is 4.79 Å². The molecule has 1 saturated carbocycles. The molecule has 0 spiro atoms. The summed E-state index contributed by atoms with van der Waals surface area (Å²) in [5.74, 6) is -0.583. The third-order valence-electron chi connectivity index (χ3n) is 3.18. The maximum absolute atomic E-state index is 11.9. The fourth-order valence-electron chi connectivity index (χ4n) is 1.85. The van der Waals surface area contributed by atoms with E-state index in [1.54, 1.807) is 24.3 Å². The number of rotatable bonds is 5. The lowest BCUT2D eigenvalue weighted by molar-refractivity contribution is -0.137. The van der Waals surface area contributed by atoms with E-state index in [-0.39, 0.29) is 12.5 Å². The van der Waals surface area contributed by atoms with Gasteiger partial charge in [-0.15, -0.1) is 0 Å². The summed E-state index contributed by atoms with van der Waals surface area (Å²) in [5, 5.41) is 8.64. The Hall–Kier alpha value is -2.04. The van der Waals surface area contributed by atoms with Crippen LogP contribution < -0.4 is 4.74 Å². The average Bonchev–Trinajstić information content (AvgIpc) is 2.33. The molecule has 0 unspecified atom stereocenters. The molecule has 1 aromatic rings. The third kappa shape index (κ3) is 3.47. The molecule has 0 aliphatic heterocycles. The van der Waals surface area contributed by atoms with Crippen LogP contribution in [-0.4, -0.2) is 41.6 Å². The average molecular weight is 263 g/mol. The molecule has 0 aromatic heterocycles. The van der Waals surface area contributed by atoms with Gasteiger partial charge in [-0.05, 0) is 43.5 Å². The minimum atomic E-state index is -1.03. The fraction of sp³-hybridized carbons (Fsp3) is 0.429. The zero-order valence-corrected chi connectivity index (χ0v) is 10.8. The van der Waals surface area contributed by atoms with Crippen LogP contribution in [0.25, 0.3) is 0 Å². The Labute approximate surface area is 111 Å². The van der Waals surface area contributed by atoms with Crippen LogP contribution in [0, 0.1) is 0 Å². The molecule has 2 rings (SSSR count). The number of aliphatic carboxylic acids is 1. The lowest BCUT2D eigenvalue weighted by atomic mass is 9.96. The zero-order chi connectivity index (χ0) is 13.8. The highest BCUT2D eigenvalue weighted by Gasteiger charge is 2.19. The number of amides is 1. The molecule has 5 heteroatoms. The molecule has 19 heavy (non-hydrogen) atoms. The Bertz CT molecular complexity index is 465. The maximum atomic E-state index is 11.9. The highest BCUT2D eigenvalue weighted by Crippen LogP contribution is 2.25. The van der Waals surface area contributed by atoms with E-state index in [0.717, 1.165) is 18.6 Å². The second-order valence-corrected chi connectivity index (χ2v) is 4.75. The van der Waals surface area contributed by atoms with E-state index >= 15 is 0 Å². The van der Waals surface area contributed by atoms with Gasteiger partial charge in [0, 0.05) is 12.6 Å². The molecule has 0 bridgehead atoms. The van der Waals surface area contributed by atoms with Crippen LogP contribution >= 0.6 is 0 Å². The Morgan fingerprint density at radius 1 is 1.32 bits per heavy atom. The van der Waals surface area contributed by atoms with Crippen molar-refractivity contribution in [2.45, 2.75) is 25.4 Å². The van der Waals surface area contributed by atoms with Crippen molar-refractivity contribution in [3.05, 3.63) is 29.8 Å². The van der Waals surface area contributed by atoms with Crippen molar-refractivity contribution in [3.63, 3.8) is 0 Å². The van der Waals surface area contributed by atoms with Crippen molar-refractivity contribution < 1.29 is 19.4 Å². The van der Waals surface area contributed by atoms with Crippen LogP contribution in [0.15, 0.2) is 24.3 Å². The molecular formula is C14H17NO4. The number of hydrogen-bond donors (Lipinski definition) is 1. The molecule has 1 aliphatic carbocycles. The Morgan fingerprint density at radius 2 is 1.95 bits per heavy atom. The molecular weight excluding hydrogens is 246 g/mol. The van der Waals surface area contributed by atoms with Gasteiger partial charge in [0.1, 0.15) is 12.3 Å². The van der Waals surface area contributed by atoms with Gasteiger partial charge in [-0.1, -0.05) is 0 Å². The number of carboxylic acids is 1. The van der Waals surface area contributed by atoms with Crippen molar-refractivity contribution in [1.29, 1.82) is 0 Å². The van der Waals surface area contributed by atoms with Crippen LogP contribution in [0.2, 0.25) is 0 Å². The van der Waals surface area contributed by atoms with E-state index in [1.165, 1.54) is 18.4 Å². The van der Waals surface area contributed by atoms with E-state index in [9.17, 15) is 9.59 Å². The third-order valence-corrected chi connectivity index (χ3v) is 3.18. The topological polar surface area (TPSA) is 66.8 Å².